The molecule has 0 radical (unpaired) electrons. The Morgan fingerprint density at radius 3 is 2.68 bits per heavy atom. The molecule has 2 rings (SSSR count). The average Bonchev–Trinajstić information content (AvgIpc) is 2.47. The lowest BCUT2D eigenvalue weighted by Gasteiger charge is -2.37. The van der Waals surface area contributed by atoms with Crippen molar-refractivity contribution in [2.45, 2.75) is 26.8 Å². The van der Waals surface area contributed by atoms with E-state index >= 15 is 0 Å². The Hall–Kier alpha value is -1.05. The molecule has 1 saturated heterocycles. The van der Waals surface area contributed by atoms with Gasteiger partial charge in [-0.3, -0.25) is 4.99 Å². The number of nitrogens with zero attached hydrogens (tertiary/aromatic N) is 3. The Kier molecular flexibility index (Phi) is 7.92. The van der Waals surface area contributed by atoms with Gasteiger partial charge in [0, 0.05) is 38.9 Å². The second-order valence-corrected chi connectivity index (χ2v) is 5.96. The van der Waals surface area contributed by atoms with Crippen LogP contribution in [0.2, 0.25) is 0 Å². The number of rotatable bonds is 3. The maximum Gasteiger partial charge on any atom is 0.213 e. The van der Waals surface area contributed by atoms with E-state index in [1.165, 1.54) is 6.42 Å². The van der Waals surface area contributed by atoms with Gasteiger partial charge in [0.1, 0.15) is 0 Å². The van der Waals surface area contributed by atoms with E-state index < -0.39 is 0 Å². The molecule has 2 unspecified atom stereocenters. The number of piperidine rings is 1. The molecule has 0 aliphatic carbocycles. The van der Waals surface area contributed by atoms with Gasteiger partial charge in [-0.05, 0) is 29.9 Å². The number of aliphatic imine (C=N–C) groups is 1. The van der Waals surface area contributed by atoms with E-state index in [0.717, 1.165) is 31.2 Å². The Morgan fingerprint density at radius 1 is 1.41 bits per heavy atom. The van der Waals surface area contributed by atoms with Gasteiger partial charge in [-0.2, -0.15) is 0 Å². The van der Waals surface area contributed by atoms with Crippen molar-refractivity contribution < 1.29 is 4.74 Å². The molecular formula is C16H27IN4O. The largest absolute Gasteiger partial charge is 0.481 e. The van der Waals surface area contributed by atoms with E-state index in [1.54, 1.807) is 13.3 Å². The molecule has 1 aromatic rings. The van der Waals surface area contributed by atoms with Crippen molar-refractivity contribution in [3.63, 3.8) is 0 Å². The van der Waals surface area contributed by atoms with Gasteiger partial charge in [-0.1, -0.05) is 13.8 Å². The van der Waals surface area contributed by atoms with Crippen molar-refractivity contribution in [3.8, 4) is 5.88 Å². The summed E-state index contributed by atoms with van der Waals surface area (Å²) in [5.74, 6) is 3.05. The number of methoxy groups -OCH3 is 1. The summed E-state index contributed by atoms with van der Waals surface area (Å²) in [6, 6.07) is 3.94. The van der Waals surface area contributed by atoms with E-state index in [-0.39, 0.29) is 24.0 Å². The number of halogens is 1. The van der Waals surface area contributed by atoms with Crippen LogP contribution in [0, 0.1) is 11.8 Å². The molecule has 1 N–H and O–H groups in total. The number of hydrogen-bond donors (Lipinski definition) is 1. The van der Waals surface area contributed by atoms with E-state index in [0.29, 0.717) is 17.7 Å². The first-order valence-corrected chi connectivity index (χ1v) is 7.57. The predicted molar refractivity (Wildman–Crippen MR) is 101 cm³/mol. The quantitative estimate of drug-likeness (QED) is 0.466. The first kappa shape index (κ1) is 19.0. The van der Waals surface area contributed by atoms with Crippen molar-refractivity contribution in [1.82, 2.24) is 15.2 Å². The smallest absolute Gasteiger partial charge is 0.213 e. The summed E-state index contributed by atoms with van der Waals surface area (Å²) >= 11 is 0. The number of aromatic nitrogens is 1. The van der Waals surface area contributed by atoms with E-state index in [1.807, 2.05) is 19.2 Å². The Labute approximate surface area is 150 Å². The summed E-state index contributed by atoms with van der Waals surface area (Å²) in [5.41, 5.74) is 1.14. The summed E-state index contributed by atoms with van der Waals surface area (Å²) in [5, 5.41) is 3.44. The highest BCUT2D eigenvalue weighted by Gasteiger charge is 2.23. The summed E-state index contributed by atoms with van der Waals surface area (Å²) in [7, 11) is 3.48. The molecule has 124 valence electrons. The van der Waals surface area contributed by atoms with Crippen LogP contribution in [0.25, 0.3) is 0 Å². The molecule has 0 amide bonds. The van der Waals surface area contributed by atoms with Crippen LogP contribution in [-0.2, 0) is 6.54 Å². The van der Waals surface area contributed by atoms with Crippen LogP contribution < -0.4 is 10.1 Å². The number of nitrogens with one attached hydrogen (secondary N) is 1. The summed E-state index contributed by atoms with van der Waals surface area (Å²) < 4.78 is 5.15. The molecule has 0 aromatic carbocycles. The number of pyridine rings is 1. The van der Waals surface area contributed by atoms with Crippen molar-refractivity contribution in [2.75, 3.05) is 27.2 Å². The number of guanidine groups is 1. The van der Waals surface area contributed by atoms with Gasteiger partial charge in [0.2, 0.25) is 5.88 Å². The van der Waals surface area contributed by atoms with Gasteiger partial charge in [-0.15, -0.1) is 24.0 Å². The van der Waals surface area contributed by atoms with Crippen molar-refractivity contribution in [1.29, 1.82) is 0 Å². The Morgan fingerprint density at radius 2 is 2.09 bits per heavy atom. The zero-order valence-corrected chi connectivity index (χ0v) is 16.2. The predicted octanol–water partition coefficient (Wildman–Crippen LogP) is 2.76. The molecule has 1 aliphatic rings. The lowest BCUT2D eigenvalue weighted by Crippen LogP contribution is -2.48. The van der Waals surface area contributed by atoms with Crippen LogP contribution >= 0.6 is 24.0 Å². The van der Waals surface area contributed by atoms with Crippen LogP contribution in [0.1, 0.15) is 25.8 Å². The maximum absolute atomic E-state index is 5.15. The second kappa shape index (κ2) is 9.17. The third-order valence-electron chi connectivity index (χ3n) is 3.84. The fourth-order valence-electron chi connectivity index (χ4n) is 3.02. The highest BCUT2D eigenvalue weighted by atomic mass is 127. The third kappa shape index (κ3) is 5.30. The third-order valence-corrected chi connectivity index (χ3v) is 3.84. The monoisotopic (exact) mass is 418 g/mol. The standard InChI is InChI=1S/C16H26N4O.HI/c1-12-7-13(2)11-20(10-12)16(17-3)19-9-14-5-6-18-15(8-14)21-4;/h5-6,8,12-13H,7,9-11H2,1-4H3,(H,17,19);1H. The molecule has 5 nitrogen and oxygen atoms in total. The summed E-state index contributed by atoms with van der Waals surface area (Å²) in [4.78, 5) is 10.9. The minimum absolute atomic E-state index is 0. The summed E-state index contributed by atoms with van der Waals surface area (Å²) in [6.07, 6.45) is 3.07. The van der Waals surface area contributed by atoms with E-state index in [2.05, 4.69) is 34.0 Å². The second-order valence-electron chi connectivity index (χ2n) is 5.96. The molecule has 0 bridgehead atoms. The minimum Gasteiger partial charge on any atom is -0.481 e. The molecule has 1 aliphatic heterocycles. The average molecular weight is 418 g/mol. The van der Waals surface area contributed by atoms with Crippen LogP contribution in [0.15, 0.2) is 23.3 Å². The molecule has 1 fully saturated rings. The molecule has 0 spiro atoms. The molecule has 2 atom stereocenters. The highest BCUT2D eigenvalue weighted by molar-refractivity contribution is 14.0. The SMILES string of the molecule is CN=C(NCc1ccnc(OC)c1)N1CC(C)CC(C)C1.I. The fourth-order valence-corrected chi connectivity index (χ4v) is 3.02. The number of hydrogen-bond acceptors (Lipinski definition) is 3. The zero-order chi connectivity index (χ0) is 15.2. The maximum atomic E-state index is 5.15. The number of ether oxygens (including phenoxy) is 1. The summed E-state index contributed by atoms with van der Waals surface area (Å²) in [6.45, 7) is 7.49. The van der Waals surface area contributed by atoms with Crippen molar-refractivity contribution >= 4 is 29.9 Å². The first-order valence-electron chi connectivity index (χ1n) is 7.57. The normalized spacial score (nSPS) is 22.0. The van der Waals surface area contributed by atoms with Gasteiger partial charge in [0.15, 0.2) is 5.96 Å². The fraction of sp³-hybridized carbons (Fsp3) is 0.625. The lowest BCUT2D eigenvalue weighted by molar-refractivity contribution is 0.208. The van der Waals surface area contributed by atoms with Crippen LogP contribution in [0.5, 0.6) is 5.88 Å². The molecule has 0 saturated carbocycles. The van der Waals surface area contributed by atoms with Crippen LogP contribution in [0.4, 0.5) is 0 Å². The highest BCUT2D eigenvalue weighted by Crippen LogP contribution is 2.21. The zero-order valence-electron chi connectivity index (χ0n) is 13.9. The van der Waals surface area contributed by atoms with Gasteiger partial charge < -0.3 is 15.0 Å². The van der Waals surface area contributed by atoms with E-state index in [4.69, 9.17) is 4.74 Å². The molecular weight excluding hydrogens is 391 g/mol. The van der Waals surface area contributed by atoms with Gasteiger partial charge in [0.05, 0.1) is 7.11 Å². The Balaban J connectivity index is 0.00000242. The van der Waals surface area contributed by atoms with Crippen LogP contribution in [0.3, 0.4) is 0 Å². The topological polar surface area (TPSA) is 49.8 Å². The van der Waals surface area contributed by atoms with Crippen molar-refractivity contribution in [3.05, 3.63) is 23.9 Å². The van der Waals surface area contributed by atoms with Gasteiger partial charge in [-0.25, -0.2) is 4.98 Å². The molecule has 6 heteroatoms. The van der Waals surface area contributed by atoms with Crippen LogP contribution in [-0.4, -0.2) is 43.1 Å². The minimum atomic E-state index is 0. The number of likely N-dealkylation sites (tertiary alicyclic amines) is 1. The molecule has 1 aromatic heterocycles. The molecule has 2 heterocycles. The van der Waals surface area contributed by atoms with Gasteiger partial charge >= 0.3 is 0 Å². The van der Waals surface area contributed by atoms with Crippen molar-refractivity contribution in [2.24, 2.45) is 16.8 Å². The van der Waals surface area contributed by atoms with Gasteiger partial charge in [0.25, 0.3) is 0 Å². The van der Waals surface area contributed by atoms with E-state index in [9.17, 15) is 0 Å². The first-order chi connectivity index (χ1) is 10.1. The lowest BCUT2D eigenvalue weighted by atomic mass is 9.92. The molecule has 22 heavy (non-hydrogen) atoms. The Bertz CT molecular complexity index is 485.